The van der Waals surface area contributed by atoms with E-state index in [0.29, 0.717) is 0 Å². The molecule has 11 heavy (non-hydrogen) atoms. The van der Waals surface area contributed by atoms with Gasteiger partial charge in [0.2, 0.25) is 0 Å². The molecule has 0 spiro atoms. The van der Waals surface area contributed by atoms with Gasteiger partial charge in [0.15, 0.2) is 0 Å². The lowest BCUT2D eigenvalue weighted by Gasteiger charge is -2.03. The van der Waals surface area contributed by atoms with Gasteiger partial charge in [-0.25, -0.2) is 0 Å². The maximum Gasteiger partial charge on any atom is 0.538 e. The van der Waals surface area contributed by atoms with Crippen molar-refractivity contribution in [2.24, 2.45) is 11.8 Å². The van der Waals surface area contributed by atoms with Crippen LogP contribution < -0.4 is 0 Å². The molecule has 1 aliphatic rings. The van der Waals surface area contributed by atoms with Crippen LogP contribution in [0.25, 0.3) is 0 Å². The summed E-state index contributed by atoms with van der Waals surface area (Å²) < 4.78 is 58.1. The summed E-state index contributed by atoms with van der Waals surface area (Å²) in [6, 6.07) is 0. The molecule has 0 aromatic heterocycles. The second-order valence-corrected chi connectivity index (χ2v) is 2.77. The summed E-state index contributed by atoms with van der Waals surface area (Å²) >= 11 is 0. The number of halogens is 5. The van der Waals surface area contributed by atoms with E-state index in [1.54, 1.807) is 0 Å². The van der Waals surface area contributed by atoms with Crippen LogP contribution in [-0.2, 0) is 0 Å². The Morgan fingerprint density at radius 2 is 1.82 bits per heavy atom. The van der Waals surface area contributed by atoms with Crippen molar-refractivity contribution in [2.75, 3.05) is 0 Å². The molecule has 0 saturated heterocycles. The molecule has 0 heterocycles. The van der Waals surface area contributed by atoms with Crippen LogP contribution in [0.2, 0.25) is 6.32 Å². The molecule has 1 aliphatic carbocycles. The number of hydrogen-bond donors (Lipinski definition) is 0. The average molecular weight is 172 g/mol. The van der Waals surface area contributed by atoms with Gasteiger partial charge in [0.1, 0.15) is 0 Å². The van der Waals surface area contributed by atoms with Crippen LogP contribution >= 0.6 is 0 Å². The second-order valence-electron chi connectivity index (χ2n) is 2.77. The fourth-order valence-electron chi connectivity index (χ4n) is 1.14. The molecule has 2 atom stereocenters. The first-order valence-electron chi connectivity index (χ1n) is 3.26. The van der Waals surface area contributed by atoms with Gasteiger partial charge in [-0.1, -0.05) is 0 Å². The zero-order valence-corrected chi connectivity index (χ0v) is 5.54. The molecule has 0 amide bonds. The Bertz CT molecular complexity index is 142. The molecule has 0 nitrogen and oxygen atoms in total. The predicted octanol–water partition coefficient (Wildman–Crippen LogP) is 2.61. The van der Waals surface area contributed by atoms with Gasteiger partial charge in [-0.05, 0) is 18.7 Å². The Morgan fingerprint density at radius 3 is 2.09 bits per heavy atom. The van der Waals surface area contributed by atoms with E-state index in [-0.39, 0.29) is 6.42 Å². The van der Waals surface area contributed by atoms with E-state index in [1.165, 1.54) is 0 Å². The van der Waals surface area contributed by atoms with Crippen LogP contribution in [0.5, 0.6) is 0 Å². The van der Waals surface area contributed by atoms with Gasteiger partial charge in [-0.15, -0.1) is 0 Å². The van der Waals surface area contributed by atoms with E-state index in [9.17, 15) is 21.8 Å². The van der Waals surface area contributed by atoms with E-state index in [0.717, 1.165) is 0 Å². The number of rotatable bonds is 2. The summed E-state index contributed by atoms with van der Waals surface area (Å²) in [5, 5.41) is 0. The monoisotopic (exact) mass is 172 g/mol. The van der Waals surface area contributed by atoms with Crippen molar-refractivity contribution in [3.63, 3.8) is 0 Å². The fourth-order valence-corrected chi connectivity index (χ4v) is 1.14. The Kier molecular flexibility index (Phi) is 2.11. The van der Waals surface area contributed by atoms with E-state index < -0.39 is 31.6 Å². The van der Waals surface area contributed by atoms with E-state index >= 15 is 0 Å². The molecule has 0 N–H and O–H groups in total. The summed E-state index contributed by atoms with van der Waals surface area (Å²) in [6.07, 6.45) is -4.99. The van der Waals surface area contributed by atoms with Crippen molar-refractivity contribution in [1.29, 1.82) is 0 Å². The lowest BCUT2D eigenvalue weighted by molar-refractivity contribution is -0.150. The number of alkyl halides is 3. The SMILES string of the molecule is FB(F)CC1C[C@H]1C(F)(F)F. The minimum atomic E-state index is -4.26. The van der Waals surface area contributed by atoms with Gasteiger partial charge in [0.25, 0.3) is 0 Å². The zero-order chi connectivity index (χ0) is 8.65. The standard InChI is InChI=1S/C5H6BF5/c7-5(8,9)4-1-3(4)2-6(10)11/h3-4H,1-2H2/t3?,4-/m1/s1. The molecular formula is C5H6BF5. The third-order valence-electron chi connectivity index (χ3n) is 1.82. The van der Waals surface area contributed by atoms with Crippen molar-refractivity contribution in [3.05, 3.63) is 0 Å². The molecule has 1 rings (SSSR count). The van der Waals surface area contributed by atoms with Crippen molar-refractivity contribution >= 4 is 7.27 Å². The first-order chi connectivity index (χ1) is 4.91. The summed E-state index contributed by atoms with van der Waals surface area (Å²) in [5.74, 6) is -2.29. The Hall–Kier alpha value is -0.285. The van der Waals surface area contributed by atoms with Gasteiger partial charge in [0.05, 0.1) is 5.92 Å². The highest BCUT2D eigenvalue weighted by Gasteiger charge is 2.56. The normalized spacial score (nSPS) is 30.3. The summed E-state index contributed by atoms with van der Waals surface area (Å²) in [6.45, 7) is 0. The minimum absolute atomic E-state index is 0.117. The molecule has 0 bridgehead atoms. The maximum absolute atomic E-state index is 11.7. The van der Waals surface area contributed by atoms with Crippen LogP contribution in [-0.4, -0.2) is 13.4 Å². The van der Waals surface area contributed by atoms with Crippen LogP contribution in [0.4, 0.5) is 21.8 Å². The second kappa shape index (κ2) is 2.64. The third kappa shape index (κ3) is 2.34. The topological polar surface area (TPSA) is 0 Å². The average Bonchev–Trinajstić information content (AvgIpc) is 2.40. The van der Waals surface area contributed by atoms with E-state index in [2.05, 4.69) is 0 Å². The molecule has 1 saturated carbocycles. The van der Waals surface area contributed by atoms with Crippen molar-refractivity contribution in [2.45, 2.75) is 18.9 Å². The van der Waals surface area contributed by atoms with Crippen LogP contribution in [0.3, 0.4) is 0 Å². The molecular weight excluding hydrogens is 166 g/mol. The minimum Gasteiger partial charge on any atom is -0.287 e. The van der Waals surface area contributed by atoms with E-state index in [4.69, 9.17) is 0 Å². The Morgan fingerprint density at radius 1 is 1.27 bits per heavy atom. The molecule has 64 valence electrons. The number of hydrogen-bond acceptors (Lipinski definition) is 0. The highest BCUT2D eigenvalue weighted by molar-refractivity contribution is 6.42. The van der Waals surface area contributed by atoms with E-state index in [1.807, 2.05) is 0 Å². The quantitative estimate of drug-likeness (QED) is 0.443. The molecule has 1 fully saturated rings. The van der Waals surface area contributed by atoms with Crippen LogP contribution in [0, 0.1) is 11.8 Å². The van der Waals surface area contributed by atoms with Crippen molar-refractivity contribution in [3.8, 4) is 0 Å². The molecule has 0 aliphatic heterocycles. The lowest BCUT2D eigenvalue weighted by Crippen LogP contribution is -2.13. The highest BCUT2D eigenvalue weighted by atomic mass is 19.4. The fraction of sp³-hybridized carbons (Fsp3) is 1.00. The Labute approximate surface area is 60.9 Å². The summed E-state index contributed by atoms with van der Waals surface area (Å²) in [4.78, 5) is 0. The predicted molar refractivity (Wildman–Crippen MR) is 30.4 cm³/mol. The van der Waals surface area contributed by atoms with Crippen molar-refractivity contribution in [1.82, 2.24) is 0 Å². The van der Waals surface area contributed by atoms with Crippen LogP contribution in [0.1, 0.15) is 6.42 Å². The molecule has 1 unspecified atom stereocenters. The van der Waals surface area contributed by atoms with Gasteiger partial charge >= 0.3 is 13.4 Å². The van der Waals surface area contributed by atoms with Crippen LogP contribution in [0.15, 0.2) is 0 Å². The van der Waals surface area contributed by atoms with Gasteiger partial charge in [0, 0.05) is 0 Å². The summed E-state index contributed by atoms with van der Waals surface area (Å²) in [7, 11) is -2.60. The molecule has 0 radical (unpaired) electrons. The summed E-state index contributed by atoms with van der Waals surface area (Å²) in [5.41, 5.74) is 0. The molecule has 6 heteroatoms. The lowest BCUT2D eigenvalue weighted by atomic mass is 9.89. The zero-order valence-electron chi connectivity index (χ0n) is 5.54. The third-order valence-corrected chi connectivity index (χ3v) is 1.82. The molecule has 0 aromatic rings. The largest absolute Gasteiger partial charge is 0.538 e. The first kappa shape index (κ1) is 8.81. The van der Waals surface area contributed by atoms with Gasteiger partial charge < -0.3 is 0 Å². The van der Waals surface area contributed by atoms with Crippen molar-refractivity contribution < 1.29 is 21.8 Å². The molecule has 0 aromatic carbocycles. The first-order valence-corrected chi connectivity index (χ1v) is 3.26. The smallest absolute Gasteiger partial charge is 0.287 e. The maximum atomic E-state index is 11.7. The van der Waals surface area contributed by atoms with Gasteiger partial charge in [-0.2, -0.15) is 13.2 Å². The Balaban J connectivity index is 2.27. The highest BCUT2D eigenvalue weighted by Crippen LogP contribution is 2.52. The van der Waals surface area contributed by atoms with Gasteiger partial charge in [-0.3, -0.25) is 8.63 Å².